The van der Waals surface area contributed by atoms with Crippen LogP contribution in [0, 0.1) is 5.92 Å². The highest BCUT2D eigenvalue weighted by atomic mass is 35.5. The van der Waals surface area contributed by atoms with Gasteiger partial charge in [-0.05, 0) is 22.8 Å². The standard InChI is InChI=1S/C21H23N5O.2ClH/c1-26-14-17(11-24-26)18-12-23-13-19(18)21(27)25-20(15-6-3-2-4-7-15)16-8-5-9-22-10-16;;/h2-11,14,18-20,23H,12-13H2,1H3,(H,25,27);2*1H/t18-,19+,20?;;/m1../s1. The first-order valence-corrected chi connectivity index (χ1v) is 9.17. The molecule has 2 aromatic heterocycles. The van der Waals surface area contributed by atoms with Crippen LogP contribution >= 0.6 is 24.8 Å². The van der Waals surface area contributed by atoms with Crippen LogP contribution in [0.4, 0.5) is 0 Å². The fourth-order valence-corrected chi connectivity index (χ4v) is 3.74. The Hall–Kier alpha value is -2.41. The van der Waals surface area contributed by atoms with Crippen molar-refractivity contribution >= 4 is 30.7 Å². The Morgan fingerprint density at radius 3 is 2.52 bits per heavy atom. The average Bonchev–Trinajstić information content (AvgIpc) is 3.36. The molecule has 6 nitrogen and oxygen atoms in total. The Morgan fingerprint density at radius 2 is 1.86 bits per heavy atom. The Balaban J connectivity index is 0.00000150. The van der Waals surface area contributed by atoms with Gasteiger partial charge in [0.25, 0.3) is 0 Å². The molecular weight excluding hydrogens is 409 g/mol. The fourth-order valence-electron chi connectivity index (χ4n) is 3.74. The third-order valence-electron chi connectivity index (χ3n) is 5.14. The van der Waals surface area contributed by atoms with E-state index < -0.39 is 0 Å². The van der Waals surface area contributed by atoms with Gasteiger partial charge in [0.2, 0.25) is 5.91 Å². The van der Waals surface area contributed by atoms with Crippen LogP contribution in [0.1, 0.15) is 28.7 Å². The predicted octanol–water partition coefficient (Wildman–Crippen LogP) is 2.87. The molecule has 2 N–H and O–H groups in total. The summed E-state index contributed by atoms with van der Waals surface area (Å²) in [5.74, 6) is 0.0488. The molecule has 3 atom stereocenters. The van der Waals surface area contributed by atoms with Crippen molar-refractivity contribution < 1.29 is 4.79 Å². The van der Waals surface area contributed by atoms with Gasteiger partial charge in [0, 0.05) is 44.6 Å². The number of carbonyl (C=O) groups excluding carboxylic acids is 1. The number of amides is 1. The molecule has 1 unspecified atom stereocenters. The zero-order chi connectivity index (χ0) is 18.6. The van der Waals surface area contributed by atoms with Crippen LogP contribution in [0.15, 0.2) is 67.3 Å². The van der Waals surface area contributed by atoms with E-state index in [2.05, 4.69) is 20.7 Å². The number of hydrogen-bond donors (Lipinski definition) is 2. The van der Waals surface area contributed by atoms with Crippen LogP contribution in [-0.2, 0) is 11.8 Å². The first-order chi connectivity index (χ1) is 13.2. The molecule has 1 aliphatic rings. The maximum Gasteiger partial charge on any atom is 0.225 e. The zero-order valence-electron chi connectivity index (χ0n) is 16.1. The first kappa shape index (κ1) is 22.9. The van der Waals surface area contributed by atoms with E-state index in [-0.39, 0.29) is 48.6 Å². The molecule has 8 heteroatoms. The fraction of sp³-hybridized carbons (Fsp3) is 0.286. The van der Waals surface area contributed by atoms with E-state index >= 15 is 0 Å². The van der Waals surface area contributed by atoms with E-state index in [9.17, 15) is 4.79 Å². The Morgan fingerprint density at radius 1 is 1.10 bits per heavy atom. The third kappa shape index (κ3) is 5.15. The second kappa shape index (κ2) is 10.4. The van der Waals surface area contributed by atoms with Gasteiger partial charge in [-0.2, -0.15) is 5.10 Å². The summed E-state index contributed by atoms with van der Waals surface area (Å²) in [7, 11) is 1.90. The molecule has 1 amide bonds. The van der Waals surface area contributed by atoms with E-state index in [1.165, 1.54) is 0 Å². The lowest BCUT2D eigenvalue weighted by Gasteiger charge is -2.23. The number of rotatable bonds is 5. The monoisotopic (exact) mass is 433 g/mol. The lowest BCUT2D eigenvalue weighted by atomic mass is 9.89. The van der Waals surface area contributed by atoms with Crippen molar-refractivity contribution in [1.82, 2.24) is 25.4 Å². The van der Waals surface area contributed by atoms with Crippen molar-refractivity contribution in [3.8, 4) is 0 Å². The minimum Gasteiger partial charge on any atom is -0.345 e. The number of benzene rings is 1. The zero-order valence-corrected chi connectivity index (χ0v) is 17.7. The maximum atomic E-state index is 13.2. The van der Waals surface area contributed by atoms with Gasteiger partial charge in [-0.15, -0.1) is 24.8 Å². The summed E-state index contributed by atoms with van der Waals surface area (Å²) in [6.45, 7) is 1.45. The second-order valence-corrected chi connectivity index (χ2v) is 6.96. The largest absolute Gasteiger partial charge is 0.345 e. The number of carbonyl (C=O) groups is 1. The van der Waals surface area contributed by atoms with E-state index in [0.29, 0.717) is 6.54 Å². The van der Waals surface area contributed by atoms with Crippen molar-refractivity contribution in [2.45, 2.75) is 12.0 Å². The molecule has 4 rings (SSSR count). The van der Waals surface area contributed by atoms with Crippen molar-refractivity contribution in [3.05, 3.63) is 83.9 Å². The smallest absolute Gasteiger partial charge is 0.225 e. The van der Waals surface area contributed by atoms with Gasteiger partial charge in [-0.1, -0.05) is 36.4 Å². The number of nitrogens with zero attached hydrogens (tertiary/aromatic N) is 3. The number of hydrogen-bond acceptors (Lipinski definition) is 4. The van der Waals surface area contributed by atoms with E-state index in [1.54, 1.807) is 10.9 Å². The van der Waals surface area contributed by atoms with Gasteiger partial charge in [0.15, 0.2) is 0 Å². The molecule has 1 fully saturated rings. The van der Waals surface area contributed by atoms with Gasteiger partial charge in [-0.25, -0.2) is 0 Å². The van der Waals surface area contributed by atoms with Gasteiger partial charge in [-0.3, -0.25) is 14.5 Å². The van der Waals surface area contributed by atoms with Gasteiger partial charge in [0.1, 0.15) is 0 Å². The van der Waals surface area contributed by atoms with E-state index in [0.717, 1.165) is 23.2 Å². The molecule has 0 saturated carbocycles. The molecular formula is C21H25Cl2N5O. The van der Waals surface area contributed by atoms with Crippen LogP contribution in [-0.4, -0.2) is 33.8 Å². The summed E-state index contributed by atoms with van der Waals surface area (Å²) in [5, 5.41) is 10.9. The van der Waals surface area contributed by atoms with Crippen molar-refractivity contribution in [1.29, 1.82) is 0 Å². The summed E-state index contributed by atoms with van der Waals surface area (Å²) >= 11 is 0. The molecule has 3 heterocycles. The summed E-state index contributed by atoms with van der Waals surface area (Å²) in [5.41, 5.74) is 3.11. The van der Waals surface area contributed by atoms with E-state index in [4.69, 9.17) is 0 Å². The number of aryl methyl sites for hydroxylation is 1. The molecule has 1 saturated heterocycles. The lowest BCUT2D eigenvalue weighted by Crippen LogP contribution is -2.37. The Bertz CT molecular complexity index is 864. The highest BCUT2D eigenvalue weighted by molar-refractivity contribution is 5.85. The first-order valence-electron chi connectivity index (χ1n) is 9.17. The predicted molar refractivity (Wildman–Crippen MR) is 117 cm³/mol. The highest BCUT2D eigenvalue weighted by Crippen LogP contribution is 2.29. The Labute approximate surface area is 182 Å². The van der Waals surface area contributed by atoms with Crippen molar-refractivity contribution in [2.75, 3.05) is 13.1 Å². The topological polar surface area (TPSA) is 71.8 Å². The third-order valence-corrected chi connectivity index (χ3v) is 5.14. The molecule has 0 bridgehead atoms. The van der Waals surface area contributed by atoms with Gasteiger partial charge >= 0.3 is 0 Å². The molecule has 0 aliphatic carbocycles. The lowest BCUT2D eigenvalue weighted by molar-refractivity contribution is -0.125. The number of halogens is 2. The minimum atomic E-state index is -0.220. The van der Waals surface area contributed by atoms with Gasteiger partial charge < -0.3 is 10.6 Å². The summed E-state index contributed by atoms with van der Waals surface area (Å²) in [4.78, 5) is 17.4. The SMILES string of the molecule is Cl.Cl.Cn1cc([C@H]2CNC[C@@H]2C(=O)NC(c2ccccc2)c2cccnc2)cn1. The summed E-state index contributed by atoms with van der Waals surface area (Å²) in [6, 6.07) is 13.7. The summed E-state index contributed by atoms with van der Waals surface area (Å²) in [6.07, 6.45) is 7.40. The van der Waals surface area contributed by atoms with Gasteiger partial charge in [0.05, 0.1) is 18.2 Å². The molecule has 0 radical (unpaired) electrons. The average molecular weight is 434 g/mol. The minimum absolute atomic E-state index is 0. The molecule has 29 heavy (non-hydrogen) atoms. The number of nitrogens with one attached hydrogen (secondary N) is 2. The van der Waals surface area contributed by atoms with Crippen LogP contribution in [0.5, 0.6) is 0 Å². The van der Waals surface area contributed by atoms with Crippen molar-refractivity contribution in [3.63, 3.8) is 0 Å². The summed E-state index contributed by atoms with van der Waals surface area (Å²) < 4.78 is 1.78. The van der Waals surface area contributed by atoms with Crippen molar-refractivity contribution in [2.24, 2.45) is 13.0 Å². The Kier molecular flexibility index (Phi) is 8.20. The van der Waals surface area contributed by atoms with Crippen LogP contribution in [0.25, 0.3) is 0 Å². The van der Waals surface area contributed by atoms with Crippen LogP contribution in [0.2, 0.25) is 0 Å². The normalized spacial score (nSPS) is 18.9. The molecule has 1 aromatic carbocycles. The molecule has 1 aliphatic heterocycles. The highest BCUT2D eigenvalue weighted by Gasteiger charge is 2.35. The van der Waals surface area contributed by atoms with Crippen LogP contribution in [0.3, 0.4) is 0 Å². The number of pyridine rings is 1. The molecule has 3 aromatic rings. The molecule has 0 spiro atoms. The quantitative estimate of drug-likeness (QED) is 0.648. The molecule has 154 valence electrons. The second-order valence-electron chi connectivity index (χ2n) is 6.96. The van der Waals surface area contributed by atoms with E-state index in [1.807, 2.05) is 68.1 Å². The maximum absolute atomic E-state index is 13.2. The number of aromatic nitrogens is 3. The van der Waals surface area contributed by atoms with Crippen LogP contribution < -0.4 is 10.6 Å².